The summed E-state index contributed by atoms with van der Waals surface area (Å²) in [5.41, 5.74) is 3.45. The van der Waals surface area contributed by atoms with Gasteiger partial charge in [-0.2, -0.15) is 15.2 Å². The summed E-state index contributed by atoms with van der Waals surface area (Å²) in [6, 6.07) is 4.18. The van der Waals surface area contributed by atoms with Crippen molar-refractivity contribution >= 4 is 23.0 Å². The fourth-order valence-electron chi connectivity index (χ4n) is 3.26. The van der Waals surface area contributed by atoms with E-state index in [1.54, 1.807) is 5.12 Å². The molecular formula is C21H28ClN3O. The predicted molar refractivity (Wildman–Crippen MR) is 110 cm³/mol. The van der Waals surface area contributed by atoms with Gasteiger partial charge in [0.15, 0.2) is 0 Å². The Morgan fingerprint density at radius 1 is 1.08 bits per heavy atom. The second-order valence-electron chi connectivity index (χ2n) is 9.11. The van der Waals surface area contributed by atoms with Crippen LogP contribution in [-0.2, 0) is 10.8 Å². The predicted octanol–water partition coefficient (Wildman–Crippen LogP) is 5.07. The maximum atomic E-state index is 11.1. The number of nitrogens with zero attached hydrogens (tertiary/aromatic N) is 3. The molecule has 1 aromatic carbocycles. The van der Waals surface area contributed by atoms with Gasteiger partial charge in [-0.25, -0.2) is 0 Å². The second-order valence-corrected chi connectivity index (χ2v) is 9.55. The quantitative estimate of drug-likeness (QED) is 0.746. The van der Waals surface area contributed by atoms with Gasteiger partial charge < -0.3 is 5.11 Å². The minimum Gasteiger partial charge on any atom is -0.505 e. The van der Waals surface area contributed by atoms with E-state index in [0.717, 1.165) is 11.3 Å². The summed E-state index contributed by atoms with van der Waals surface area (Å²) in [5, 5.41) is 20.3. The van der Waals surface area contributed by atoms with Crippen molar-refractivity contribution < 1.29 is 5.11 Å². The van der Waals surface area contributed by atoms with Gasteiger partial charge in [0.25, 0.3) is 0 Å². The van der Waals surface area contributed by atoms with Gasteiger partial charge in [0.05, 0.1) is 11.8 Å². The Labute approximate surface area is 161 Å². The van der Waals surface area contributed by atoms with E-state index in [4.69, 9.17) is 16.7 Å². The number of aromatic hydroxyl groups is 1. The first-order valence-corrected chi connectivity index (χ1v) is 9.32. The molecule has 0 radical (unpaired) electrons. The average molecular weight is 374 g/mol. The van der Waals surface area contributed by atoms with Crippen LogP contribution < -0.4 is 5.12 Å². The number of hydrogen-bond donors (Lipinski definition) is 1. The van der Waals surface area contributed by atoms with Gasteiger partial charge >= 0.3 is 0 Å². The van der Waals surface area contributed by atoms with Crippen molar-refractivity contribution in [2.24, 2.45) is 5.10 Å². The lowest BCUT2D eigenvalue weighted by Gasteiger charge is -2.32. The number of allylic oxidation sites excluding steroid dienone is 2. The Morgan fingerprint density at radius 2 is 1.73 bits per heavy atom. The van der Waals surface area contributed by atoms with E-state index < -0.39 is 0 Å². The molecule has 0 amide bonds. The molecule has 5 heteroatoms. The molecule has 3 rings (SSSR count). The topological polar surface area (TPSA) is 39.1 Å². The maximum absolute atomic E-state index is 11.1. The molecule has 140 valence electrons. The molecule has 1 atom stereocenters. The Bertz CT molecular complexity index is 825. The van der Waals surface area contributed by atoms with E-state index in [-0.39, 0.29) is 22.6 Å². The molecule has 0 saturated carbocycles. The van der Waals surface area contributed by atoms with Crippen molar-refractivity contribution in [2.45, 2.75) is 58.4 Å². The monoisotopic (exact) mass is 373 g/mol. The van der Waals surface area contributed by atoms with Gasteiger partial charge in [-0.05, 0) is 34.6 Å². The Morgan fingerprint density at radius 3 is 2.31 bits per heavy atom. The van der Waals surface area contributed by atoms with Gasteiger partial charge in [-0.3, -0.25) is 0 Å². The summed E-state index contributed by atoms with van der Waals surface area (Å²) in [5.74, 6) is 0.277. The molecule has 1 N–H and O–H groups in total. The molecular weight excluding hydrogens is 346 g/mol. The first-order chi connectivity index (χ1) is 11.9. The number of likely N-dealkylation sites (N-methyl/N-ethyl adjacent to an activating group) is 1. The van der Waals surface area contributed by atoms with E-state index in [1.807, 2.05) is 36.4 Å². The molecule has 0 bridgehead atoms. The highest BCUT2D eigenvalue weighted by molar-refractivity contribution is 6.33. The third-order valence-corrected chi connectivity index (χ3v) is 5.15. The SMILES string of the molecule is CN1C2C=CC(Cl)=CC2=NN1c1cc(C(C)(C)C)cc(C(C)(C)C)c1O. The normalized spacial score (nSPS) is 20.9. The Balaban J connectivity index is 2.18. The van der Waals surface area contributed by atoms with Crippen molar-refractivity contribution in [3.63, 3.8) is 0 Å². The summed E-state index contributed by atoms with van der Waals surface area (Å²) >= 11 is 6.13. The number of rotatable bonds is 1. The van der Waals surface area contributed by atoms with Gasteiger partial charge in [0, 0.05) is 17.6 Å². The number of hydrogen-bond acceptors (Lipinski definition) is 4. The average Bonchev–Trinajstić information content (AvgIpc) is 2.81. The maximum Gasteiger partial charge on any atom is 0.146 e. The van der Waals surface area contributed by atoms with Crippen molar-refractivity contribution in [3.05, 3.63) is 46.5 Å². The number of benzene rings is 1. The molecule has 0 fully saturated rings. The molecule has 0 spiro atoms. The fourth-order valence-corrected chi connectivity index (χ4v) is 3.44. The van der Waals surface area contributed by atoms with Crippen molar-refractivity contribution in [1.82, 2.24) is 5.01 Å². The van der Waals surface area contributed by atoms with Crippen LogP contribution >= 0.6 is 11.6 Å². The van der Waals surface area contributed by atoms with Crippen LogP contribution in [0, 0.1) is 0 Å². The van der Waals surface area contributed by atoms with E-state index in [0.29, 0.717) is 10.7 Å². The molecule has 2 aliphatic rings. The minimum absolute atomic E-state index is 0.0216. The zero-order valence-corrected chi connectivity index (χ0v) is 17.4. The lowest BCUT2D eigenvalue weighted by molar-refractivity contribution is 0.326. The van der Waals surface area contributed by atoms with Crippen LogP contribution in [0.3, 0.4) is 0 Å². The zero-order chi connectivity index (χ0) is 19.4. The fraction of sp³-hybridized carbons (Fsp3) is 0.476. The lowest BCUT2D eigenvalue weighted by atomic mass is 9.79. The molecule has 1 heterocycles. The number of phenols is 1. The van der Waals surface area contributed by atoms with Crippen LogP contribution in [0.1, 0.15) is 52.7 Å². The first kappa shape index (κ1) is 19.0. The third kappa shape index (κ3) is 3.28. The molecule has 1 aliphatic carbocycles. The first-order valence-electron chi connectivity index (χ1n) is 8.94. The van der Waals surface area contributed by atoms with Crippen LogP contribution in [0.4, 0.5) is 5.69 Å². The summed E-state index contributed by atoms with van der Waals surface area (Å²) in [6.07, 6.45) is 5.78. The number of anilines is 1. The van der Waals surface area contributed by atoms with Crippen molar-refractivity contribution in [1.29, 1.82) is 0 Å². The van der Waals surface area contributed by atoms with E-state index in [1.165, 1.54) is 5.56 Å². The lowest BCUT2D eigenvalue weighted by Crippen LogP contribution is -2.39. The Hall–Kier alpha value is -1.78. The molecule has 0 aromatic heterocycles. The number of hydrazine groups is 1. The largest absolute Gasteiger partial charge is 0.505 e. The van der Waals surface area contributed by atoms with Crippen LogP contribution in [0.2, 0.25) is 0 Å². The van der Waals surface area contributed by atoms with Crippen LogP contribution in [0.25, 0.3) is 0 Å². The van der Waals surface area contributed by atoms with Gasteiger partial charge in [-0.15, -0.1) is 0 Å². The van der Waals surface area contributed by atoms with E-state index in [2.05, 4.69) is 47.6 Å². The Kier molecular flexibility index (Phi) is 4.48. The highest BCUT2D eigenvalue weighted by Crippen LogP contribution is 2.43. The van der Waals surface area contributed by atoms with Crippen LogP contribution in [0.5, 0.6) is 5.75 Å². The van der Waals surface area contributed by atoms with Gasteiger partial charge in [0.2, 0.25) is 0 Å². The standard InChI is InChI=1S/C21H28ClN3O/c1-20(2,3)13-10-15(21(4,5)6)19(26)18(11-13)25-23-16-12-14(22)8-9-17(16)24(25)7/h8-12,17,26H,1-7H3. The third-order valence-electron chi connectivity index (χ3n) is 4.92. The summed E-state index contributed by atoms with van der Waals surface area (Å²) in [6.45, 7) is 12.9. The molecule has 1 aliphatic heterocycles. The smallest absolute Gasteiger partial charge is 0.146 e. The van der Waals surface area contributed by atoms with E-state index in [9.17, 15) is 5.11 Å². The molecule has 0 saturated heterocycles. The number of phenolic OH excluding ortho intramolecular Hbond substituents is 1. The second kappa shape index (κ2) is 6.14. The summed E-state index contributed by atoms with van der Waals surface area (Å²) in [7, 11) is 1.97. The summed E-state index contributed by atoms with van der Waals surface area (Å²) < 4.78 is 0. The zero-order valence-electron chi connectivity index (χ0n) is 16.6. The van der Waals surface area contributed by atoms with Crippen LogP contribution in [-0.4, -0.2) is 28.9 Å². The molecule has 4 nitrogen and oxygen atoms in total. The summed E-state index contributed by atoms with van der Waals surface area (Å²) in [4.78, 5) is 0. The van der Waals surface area contributed by atoms with Crippen molar-refractivity contribution in [2.75, 3.05) is 12.2 Å². The minimum atomic E-state index is -0.179. The highest BCUT2D eigenvalue weighted by atomic mass is 35.5. The van der Waals surface area contributed by atoms with Crippen LogP contribution in [0.15, 0.2) is 40.5 Å². The molecule has 1 aromatic rings. The highest BCUT2D eigenvalue weighted by Gasteiger charge is 2.35. The number of fused-ring (bicyclic) bond motifs is 1. The molecule has 26 heavy (non-hydrogen) atoms. The van der Waals surface area contributed by atoms with E-state index >= 15 is 0 Å². The van der Waals surface area contributed by atoms with Gasteiger partial charge in [-0.1, -0.05) is 65.3 Å². The number of hydrazone groups is 1. The molecule has 1 unspecified atom stereocenters. The van der Waals surface area contributed by atoms with Gasteiger partial charge in [0.1, 0.15) is 11.4 Å². The number of halogens is 1. The van der Waals surface area contributed by atoms with Crippen molar-refractivity contribution in [3.8, 4) is 5.75 Å².